The predicted octanol–water partition coefficient (Wildman–Crippen LogP) is 5.61. The van der Waals surface area contributed by atoms with Crippen LogP contribution < -0.4 is 9.47 Å². The first kappa shape index (κ1) is 20.4. The van der Waals surface area contributed by atoms with Gasteiger partial charge in [0.2, 0.25) is 0 Å². The van der Waals surface area contributed by atoms with Gasteiger partial charge in [0.25, 0.3) is 0 Å². The molecule has 160 valence electrons. The second kappa shape index (κ2) is 8.93. The average Bonchev–Trinajstić information content (AvgIpc) is 2.97. The minimum Gasteiger partial charge on any atom is -0.489 e. The summed E-state index contributed by atoms with van der Waals surface area (Å²) in [6, 6.07) is 25.8. The van der Waals surface area contributed by atoms with Crippen molar-refractivity contribution in [1.29, 1.82) is 0 Å². The summed E-state index contributed by atoms with van der Waals surface area (Å²) in [6.07, 6.45) is 0. The summed E-state index contributed by atoms with van der Waals surface area (Å²) in [4.78, 5) is 16.0. The van der Waals surface area contributed by atoms with Crippen molar-refractivity contribution in [2.24, 2.45) is 0 Å². The lowest BCUT2D eigenvalue weighted by Crippen LogP contribution is -2.05. The molecule has 5 rings (SSSR count). The zero-order chi connectivity index (χ0) is 21.9. The van der Waals surface area contributed by atoms with Crippen molar-refractivity contribution in [3.63, 3.8) is 0 Å². The standard InChI is InChI=1S/C26H21NO4S/c28-25(29)16-32-26-21-7-3-1-6-18(21)14-31-24-12-11-20(13-22(24)26)30-15-19-10-9-17-5-2-4-8-23(17)27-19/h1-13,26H,14-16H2,(H,28,29). The molecule has 6 heteroatoms. The minimum atomic E-state index is -0.839. The maximum Gasteiger partial charge on any atom is 0.313 e. The Labute approximate surface area is 190 Å². The average molecular weight is 444 g/mol. The lowest BCUT2D eigenvalue weighted by molar-refractivity contribution is -0.133. The van der Waals surface area contributed by atoms with Crippen LogP contribution in [0.5, 0.6) is 11.5 Å². The van der Waals surface area contributed by atoms with Crippen LogP contribution in [0.1, 0.15) is 27.6 Å². The minimum absolute atomic E-state index is 0.00450. The fraction of sp³-hybridized carbons (Fsp3) is 0.154. The normalized spacial score (nSPS) is 14.7. The van der Waals surface area contributed by atoms with Crippen LogP contribution in [-0.4, -0.2) is 21.8 Å². The van der Waals surface area contributed by atoms with E-state index in [9.17, 15) is 9.90 Å². The monoisotopic (exact) mass is 443 g/mol. The summed E-state index contributed by atoms with van der Waals surface area (Å²) >= 11 is 1.38. The molecule has 1 aliphatic rings. The number of ether oxygens (including phenoxy) is 2. The Kier molecular flexibility index (Phi) is 5.69. The van der Waals surface area contributed by atoms with Crippen LogP contribution in [-0.2, 0) is 18.0 Å². The van der Waals surface area contributed by atoms with Gasteiger partial charge in [-0.15, -0.1) is 11.8 Å². The Morgan fingerprint density at radius 3 is 2.78 bits per heavy atom. The van der Waals surface area contributed by atoms with Crippen molar-refractivity contribution in [3.05, 3.63) is 101 Å². The maximum absolute atomic E-state index is 11.3. The van der Waals surface area contributed by atoms with Gasteiger partial charge in [-0.05, 0) is 41.5 Å². The molecule has 0 fully saturated rings. The molecule has 0 amide bonds. The topological polar surface area (TPSA) is 68.7 Å². The molecule has 5 nitrogen and oxygen atoms in total. The first-order chi connectivity index (χ1) is 15.7. The number of thioether (sulfide) groups is 1. The lowest BCUT2D eigenvalue weighted by Gasteiger charge is -2.19. The molecular formula is C26H21NO4S. The summed E-state index contributed by atoms with van der Waals surface area (Å²) < 4.78 is 12.1. The third-order valence-electron chi connectivity index (χ3n) is 5.40. The number of carboxylic acids is 1. The zero-order valence-electron chi connectivity index (χ0n) is 17.2. The van der Waals surface area contributed by atoms with Gasteiger partial charge < -0.3 is 14.6 Å². The number of aliphatic carboxylic acids is 1. The highest BCUT2D eigenvalue weighted by atomic mass is 32.2. The number of carboxylic acid groups (broad SMARTS) is 1. The molecule has 0 radical (unpaired) electrons. The van der Waals surface area contributed by atoms with Crippen molar-refractivity contribution >= 4 is 28.6 Å². The number of fused-ring (bicyclic) bond motifs is 3. The number of rotatable bonds is 6. The second-order valence-corrected chi connectivity index (χ2v) is 8.65. The van der Waals surface area contributed by atoms with Gasteiger partial charge in [-0.2, -0.15) is 0 Å². The molecule has 0 spiro atoms. The summed E-state index contributed by atoms with van der Waals surface area (Å²) in [5.41, 5.74) is 4.84. The van der Waals surface area contributed by atoms with Crippen molar-refractivity contribution in [2.45, 2.75) is 18.5 Å². The molecule has 2 heterocycles. The number of aromatic nitrogens is 1. The molecule has 1 unspecified atom stereocenters. The van der Waals surface area contributed by atoms with Gasteiger partial charge in [-0.25, -0.2) is 4.98 Å². The van der Waals surface area contributed by atoms with E-state index in [2.05, 4.69) is 4.98 Å². The number of pyridine rings is 1. The summed E-state index contributed by atoms with van der Waals surface area (Å²) in [7, 11) is 0. The molecule has 0 aliphatic carbocycles. The molecule has 1 N–H and O–H groups in total. The SMILES string of the molecule is O=C(O)CSC1c2ccccc2COc2ccc(OCc3ccc4ccccc4n3)cc21. The fourth-order valence-corrected chi connectivity index (χ4v) is 4.96. The molecule has 3 aromatic carbocycles. The van der Waals surface area contributed by atoms with Gasteiger partial charge in [0, 0.05) is 10.9 Å². The summed E-state index contributed by atoms with van der Waals surface area (Å²) in [5.74, 6) is 0.613. The smallest absolute Gasteiger partial charge is 0.313 e. The van der Waals surface area contributed by atoms with Gasteiger partial charge >= 0.3 is 5.97 Å². The first-order valence-electron chi connectivity index (χ1n) is 10.3. The molecule has 1 aliphatic heterocycles. The Morgan fingerprint density at radius 1 is 1.03 bits per heavy atom. The van der Waals surface area contributed by atoms with Gasteiger partial charge in [-0.3, -0.25) is 4.79 Å². The molecule has 0 saturated heterocycles. The van der Waals surface area contributed by atoms with E-state index >= 15 is 0 Å². The van der Waals surface area contributed by atoms with Gasteiger partial charge in [0.15, 0.2) is 0 Å². The van der Waals surface area contributed by atoms with E-state index < -0.39 is 5.97 Å². The molecule has 0 bridgehead atoms. The molecule has 0 saturated carbocycles. The van der Waals surface area contributed by atoms with E-state index in [4.69, 9.17) is 9.47 Å². The Hall–Kier alpha value is -3.51. The number of hydrogen-bond acceptors (Lipinski definition) is 5. The molecule has 1 aromatic heterocycles. The van der Waals surface area contributed by atoms with Gasteiger partial charge in [0.05, 0.1) is 22.2 Å². The second-order valence-electron chi connectivity index (χ2n) is 7.56. The van der Waals surface area contributed by atoms with E-state index in [0.29, 0.717) is 19.0 Å². The molecule has 32 heavy (non-hydrogen) atoms. The molecular weight excluding hydrogens is 422 g/mol. The van der Waals surface area contributed by atoms with E-state index in [1.54, 1.807) is 0 Å². The third-order valence-corrected chi connectivity index (χ3v) is 6.66. The van der Waals surface area contributed by atoms with Gasteiger partial charge in [-0.1, -0.05) is 48.5 Å². The number of nitrogens with zero attached hydrogens (tertiary/aromatic N) is 1. The van der Waals surface area contributed by atoms with Crippen LogP contribution in [0.2, 0.25) is 0 Å². The highest BCUT2D eigenvalue weighted by molar-refractivity contribution is 8.00. The number of para-hydroxylation sites is 1. The molecule has 4 aromatic rings. The summed E-state index contributed by atoms with van der Waals surface area (Å²) in [5, 5.41) is 10.2. The number of carbonyl (C=O) groups is 1. The highest BCUT2D eigenvalue weighted by Crippen LogP contribution is 2.45. The Balaban J connectivity index is 1.43. The van der Waals surface area contributed by atoms with Crippen molar-refractivity contribution in [1.82, 2.24) is 4.98 Å². The number of benzene rings is 3. The van der Waals surface area contributed by atoms with Crippen LogP contribution in [0.4, 0.5) is 0 Å². The van der Waals surface area contributed by atoms with E-state index in [0.717, 1.165) is 39.0 Å². The maximum atomic E-state index is 11.3. The quantitative estimate of drug-likeness (QED) is 0.418. The first-order valence-corrected chi connectivity index (χ1v) is 11.4. The van der Waals surface area contributed by atoms with E-state index in [-0.39, 0.29) is 11.0 Å². The van der Waals surface area contributed by atoms with Crippen LogP contribution in [0, 0.1) is 0 Å². The van der Waals surface area contributed by atoms with Crippen LogP contribution in [0.3, 0.4) is 0 Å². The van der Waals surface area contributed by atoms with Crippen LogP contribution >= 0.6 is 11.8 Å². The number of hydrogen-bond donors (Lipinski definition) is 1. The Bertz CT molecular complexity index is 1290. The van der Waals surface area contributed by atoms with Crippen LogP contribution in [0.25, 0.3) is 10.9 Å². The van der Waals surface area contributed by atoms with Crippen molar-refractivity contribution in [2.75, 3.05) is 5.75 Å². The zero-order valence-corrected chi connectivity index (χ0v) is 18.0. The van der Waals surface area contributed by atoms with Crippen molar-refractivity contribution < 1.29 is 19.4 Å². The predicted molar refractivity (Wildman–Crippen MR) is 125 cm³/mol. The van der Waals surface area contributed by atoms with Crippen LogP contribution in [0.15, 0.2) is 78.9 Å². The fourth-order valence-electron chi connectivity index (χ4n) is 3.88. The molecule has 1 atom stereocenters. The van der Waals surface area contributed by atoms with Gasteiger partial charge in [0.1, 0.15) is 24.7 Å². The summed E-state index contributed by atoms with van der Waals surface area (Å²) in [6.45, 7) is 0.794. The largest absolute Gasteiger partial charge is 0.489 e. The van der Waals surface area contributed by atoms with E-state index in [1.165, 1.54) is 11.8 Å². The Morgan fingerprint density at radius 2 is 1.88 bits per heavy atom. The van der Waals surface area contributed by atoms with Crippen molar-refractivity contribution in [3.8, 4) is 11.5 Å². The highest BCUT2D eigenvalue weighted by Gasteiger charge is 2.26. The lowest BCUT2D eigenvalue weighted by atomic mass is 10.00. The van der Waals surface area contributed by atoms with E-state index in [1.807, 2.05) is 78.9 Å². The third kappa shape index (κ3) is 4.27.